The van der Waals surface area contributed by atoms with Gasteiger partial charge in [0.2, 0.25) is 0 Å². The van der Waals surface area contributed by atoms with E-state index in [1.807, 2.05) is 37.5 Å². The smallest absolute Gasteiger partial charge is 0.158 e. The molecular formula is C14H15N5. The molecule has 0 aromatic carbocycles. The first-order valence-corrected chi connectivity index (χ1v) is 6.11. The Morgan fingerprint density at radius 3 is 2.63 bits per heavy atom. The number of fused-ring (bicyclic) bond motifs is 1. The van der Waals surface area contributed by atoms with E-state index in [9.17, 15) is 0 Å². The summed E-state index contributed by atoms with van der Waals surface area (Å²) in [6, 6.07) is 3.98. The molecule has 0 saturated carbocycles. The van der Waals surface area contributed by atoms with E-state index in [4.69, 9.17) is 5.73 Å². The van der Waals surface area contributed by atoms with Gasteiger partial charge in [-0.05, 0) is 44.0 Å². The van der Waals surface area contributed by atoms with Gasteiger partial charge >= 0.3 is 0 Å². The average Bonchev–Trinajstić information content (AvgIpc) is 2.70. The molecule has 0 spiro atoms. The molecule has 0 aliphatic heterocycles. The maximum atomic E-state index is 5.69. The van der Waals surface area contributed by atoms with Crippen molar-refractivity contribution in [3.05, 3.63) is 41.5 Å². The van der Waals surface area contributed by atoms with Crippen molar-refractivity contribution in [1.82, 2.24) is 19.6 Å². The topological polar surface area (TPSA) is 69.1 Å². The van der Waals surface area contributed by atoms with Gasteiger partial charge in [0.15, 0.2) is 5.65 Å². The maximum Gasteiger partial charge on any atom is 0.158 e. The summed E-state index contributed by atoms with van der Waals surface area (Å²) < 4.78 is 1.82. The molecule has 0 aliphatic rings. The third-order valence-electron chi connectivity index (χ3n) is 3.17. The zero-order valence-electron chi connectivity index (χ0n) is 11.2. The summed E-state index contributed by atoms with van der Waals surface area (Å²) in [6.07, 6.45) is 3.78. The first-order chi connectivity index (χ1) is 9.04. The van der Waals surface area contributed by atoms with Gasteiger partial charge in [0.1, 0.15) is 11.6 Å². The van der Waals surface area contributed by atoms with Crippen LogP contribution < -0.4 is 5.73 Å². The average molecular weight is 253 g/mol. The first-order valence-electron chi connectivity index (χ1n) is 6.11. The predicted octanol–water partition coefficient (Wildman–Crippen LogP) is 2.30. The zero-order valence-corrected chi connectivity index (χ0v) is 11.2. The first kappa shape index (κ1) is 11.6. The van der Waals surface area contributed by atoms with E-state index in [0.717, 1.165) is 33.7 Å². The number of anilines is 1. The molecule has 19 heavy (non-hydrogen) atoms. The fourth-order valence-electron chi connectivity index (χ4n) is 2.28. The highest BCUT2D eigenvalue weighted by Crippen LogP contribution is 2.25. The number of nitrogens with two attached hydrogens (primary N) is 1. The van der Waals surface area contributed by atoms with Crippen molar-refractivity contribution >= 4 is 11.5 Å². The Balaban J connectivity index is 2.25. The fraction of sp³-hybridized carbons (Fsp3) is 0.214. The van der Waals surface area contributed by atoms with Gasteiger partial charge in [-0.15, -0.1) is 0 Å². The predicted molar refractivity (Wildman–Crippen MR) is 74.8 cm³/mol. The van der Waals surface area contributed by atoms with Crippen LogP contribution in [-0.4, -0.2) is 19.6 Å². The molecular weight excluding hydrogens is 238 g/mol. The molecule has 96 valence electrons. The van der Waals surface area contributed by atoms with Crippen LogP contribution in [0.25, 0.3) is 16.8 Å². The van der Waals surface area contributed by atoms with Gasteiger partial charge in [0, 0.05) is 23.5 Å². The van der Waals surface area contributed by atoms with Crippen LogP contribution in [0.15, 0.2) is 24.5 Å². The van der Waals surface area contributed by atoms with E-state index in [-0.39, 0.29) is 0 Å². The van der Waals surface area contributed by atoms with Crippen molar-refractivity contribution in [1.29, 1.82) is 0 Å². The minimum atomic E-state index is 0.538. The molecule has 5 heteroatoms. The maximum absolute atomic E-state index is 5.69. The Kier molecular flexibility index (Phi) is 2.48. The molecule has 5 nitrogen and oxygen atoms in total. The number of pyridine rings is 2. The molecule has 0 bridgehead atoms. The van der Waals surface area contributed by atoms with Crippen molar-refractivity contribution in [2.75, 3.05) is 5.73 Å². The van der Waals surface area contributed by atoms with Crippen molar-refractivity contribution in [2.45, 2.75) is 20.8 Å². The second-order valence-corrected chi connectivity index (χ2v) is 4.76. The van der Waals surface area contributed by atoms with Crippen LogP contribution in [0, 0.1) is 20.8 Å². The molecule has 0 radical (unpaired) electrons. The third kappa shape index (κ3) is 1.93. The van der Waals surface area contributed by atoms with E-state index in [1.165, 1.54) is 0 Å². The van der Waals surface area contributed by atoms with Crippen LogP contribution in [0.2, 0.25) is 0 Å². The molecule has 3 rings (SSSR count). The summed E-state index contributed by atoms with van der Waals surface area (Å²) in [5, 5.41) is 4.37. The van der Waals surface area contributed by atoms with Crippen LogP contribution in [0.5, 0.6) is 0 Å². The van der Waals surface area contributed by atoms with Gasteiger partial charge in [0.25, 0.3) is 0 Å². The monoisotopic (exact) mass is 253 g/mol. The second kappa shape index (κ2) is 4.05. The van der Waals surface area contributed by atoms with E-state index in [2.05, 4.69) is 21.1 Å². The number of nitrogen functional groups attached to an aromatic ring is 1. The van der Waals surface area contributed by atoms with Crippen LogP contribution >= 0.6 is 0 Å². The van der Waals surface area contributed by atoms with Crippen LogP contribution in [-0.2, 0) is 0 Å². The Bertz CT molecular complexity index is 773. The van der Waals surface area contributed by atoms with Crippen LogP contribution in [0.4, 0.5) is 5.82 Å². The molecule has 3 aromatic rings. The third-order valence-corrected chi connectivity index (χ3v) is 3.17. The SMILES string of the molecule is Cc1nc2c(C)cc(-c3cnc(N)cc3C)cn2n1. The minimum Gasteiger partial charge on any atom is -0.384 e. The van der Waals surface area contributed by atoms with Crippen molar-refractivity contribution in [3.63, 3.8) is 0 Å². The summed E-state index contributed by atoms with van der Waals surface area (Å²) in [5.41, 5.74) is 10.9. The Labute approximate surface area is 111 Å². The number of hydrogen-bond acceptors (Lipinski definition) is 4. The van der Waals surface area contributed by atoms with Gasteiger partial charge in [-0.1, -0.05) is 0 Å². The Hall–Kier alpha value is -2.43. The largest absolute Gasteiger partial charge is 0.384 e. The molecule has 2 N–H and O–H groups in total. The Morgan fingerprint density at radius 2 is 1.89 bits per heavy atom. The van der Waals surface area contributed by atoms with Gasteiger partial charge in [-0.3, -0.25) is 0 Å². The molecule has 0 atom stereocenters. The van der Waals surface area contributed by atoms with Crippen molar-refractivity contribution in [2.24, 2.45) is 0 Å². The molecule has 0 aliphatic carbocycles. The van der Waals surface area contributed by atoms with Crippen LogP contribution in [0.3, 0.4) is 0 Å². The second-order valence-electron chi connectivity index (χ2n) is 4.76. The summed E-state index contributed by atoms with van der Waals surface area (Å²) in [6.45, 7) is 5.95. The molecule has 0 fully saturated rings. The zero-order chi connectivity index (χ0) is 13.6. The van der Waals surface area contributed by atoms with Gasteiger partial charge in [-0.25, -0.2) is 14.5 Å². The highest BCUT2D eigenvalue weighted by Gasteiger charge is 2.09. The lowest BCUT2D eigenvalue weighted by atomic mass is 10.0. The van der Waals surface area contributed by atoms with Gasteiger partial charge in [-0.2, -0.15) is 5.10 Å². The number of rotatable bonds is 1. The summed E-state index contributed by atoms with van der Waals surface area (Å²) in [5.74, 6) is 1.31. The van der Waals surface area contributed by atoms with E-state index in [0.29, 0.717) is 5.82 Å². The normalized spacial score (nSPS) is 11.1. The van der Waals surface area contributed by atoms with Crippen molar-refractivity contribution in [3.8, 4) is 11.1 Å². The highest BCUT2D eigenvalue weighted by molar-refractivity contribution is 5.69. The lowest BCUT2D eigenvalue weighted by Gasteiger charge is -2.08. The summed E-state index contributed by atoms with van der Waals surface area (Å²) in [7, 11) is 0. The molecule has 0 unspecified atom stereocenters. The lowest BCUT2D eigenvalue weighted by molar-refractivity contribution is 0.928. The summed E-state index contributed by atoms with van der Waals surface area (Å²) in [4.78, 5) is 8.56. The molecule has 3 aromatic heterocycles. The highest BCUT2D eigenvalue weighted by atomic mass is 15.3. The number of aromatic nitrogens is 4. The molecule has 0 amide bonds. The minimum absolute atomic E-state index is 0.538. The lowest BCUT2D eigenvalue weighted by Crippen LogP contribution is -1.96. The number of hydrogen-bond donors (Lipinski definition) is 1. The van der Waals surface area contributed by atoms with Crippen LogP contribution in [0.1, 0.15) is 17.0 Å². The number of aryl methyl sites for hydroxylation is 3. The van der Waals surface area contributed by atoms with E-state index in [1.54, 1.807) is 6.20 Å². The molecule has 0 saturated heterocycles. The molecule has 3 heterocycles. The quantitative estimate of drug-likeness (QED) is 0.722. The fourth-order valence-corrected chi connectivity index (χ4v) is 2.28. The summed E-state index contributed by atoms with van der Waals surface area (Å²) >= 11 is 0. The Morgan fingerprint density at radius 1 is 1.11 bits per heavy atom. The van der Waals surface area contributed by atoms with E-state index >= 15 is 0 Å². The van der Waals surface area contributed by atoms with Gasteiger partial charge in [0.05, 0.1) is 0 Å². The standard InChI is InChI=1S/C14H15N5/c1-8-5-13(15)16-6-12(8)11-4-9(2)14-17-10(3)18-19(14)7-11/h4-7H,1-3H3,(H2,15,16). The number of nitrogens with zero attached hydrogens (tertiary/aromatic N) is 4. The van der Waals surface area contributed by atoms with E-state index < -0.39 is 0 Å². The van der Waals surface area contributed by atoms with Gasteiger partial charge < -0.3 is 5.73 Å². The van der Waals surface area contributed by atoms with Crippen molar-refractivity contribution < 1.29 is 0 Å².